The number of hydrogen-bond donors (Lipinski definition) is 0. The highest BCUT2D eigenvalue weighted by Crippen LogP contribution is 2.29. The molecule has 0 saturated carbocycles. The van der Waals surface area contributed by atoms with E-state index in [0.717, 1.165) is 0 Å². The Morgan fingerprint density at radius 1 is 0.395 bits per heavy atom. The summed E-state index contributed by atoms with van der Waals surface area (Å²) in [5.41, 5.74) is 1.96. The van der Waals surface area contributed by atoms with Gasteiger partial charge in [0.1, 0.15) is 17.6 Å². The van der Waals surface area contributed by atoms with Crippen molar-refractivity contribution in [2.45, 2.75) is 11.6 Å². The standard InChI is InChI=1S/C36H32Si2/c1-5-17-32(18-6-1)37(33-19-7-2-8-20-33)28-36(31-26-25-29-15-13-14-16-30(29)27-31)38(34-21-9-3-10-22-34)35-23-11-4-12-24-35/h1-27,36-38H,28H2. The summed E-state index contributed by atoms with van der Waals surface area (Å²) in [5, 5.41) is 8.74. The summed E-state index contributed by atoms with van der Waals surface area (Å²) < 4.78 is 0. The van der Waals surface area contributed by atoms with E-state index in [9.17, 15) is 0 Å². The third-order valence-corrected chi connectivity index (χ3v) is 15.4. The first-order chi connectivity index (χ1) is 18.9. The van der Waals surface area contributed by atoms with Gasteiger partial charge in [-0.1, -0.05) is 185 Å². The Morgan fingerprint density at radius 3 is 1.32 bits per heavy atom. The van der Waals surface area contributed by atoms with E-state index in [2.05, 4.69) is 164 Å². The van der Waals surface area contributed by atoms with Crippen molar-refractivity contribution in [3.8, 4) is 0 Å². The Morgan fingerprint density at radius 2 is 0.816 bits per heavy atom. The minimum atomic E-state index is -1.64. The first-order valence-corrected chi connectivity index (χ1v) is 17.3. The Kier molecular flexibility index (Phi) is 7.43. The van der Waals surface area contributed by atoms with Crippen LogP contribution in [0.1, 0.15) is 11.1 Å². The molecule has 6 aromatic rings. The summed E-state index contributed by atoms with van der Waals surface area (Å²) in [7, 11) is -3.15. The van der Waals surface area contributed by atoms with E-state index in [1.54, 1.807) is 0 Å². The van der Waals surface area contributed by atoms with Gasteiger partial charge in [-0.15, -0.1) is 0 Å². The van der Waals surface area contributed by atoms with Crippen molar-refractivity contribution < 1.29 is 0 Å². The molecule has 0 aliphatic rings. The van der Waals surface area contributed by atoms with Gasteiger partial charge in [-0.3, -0.25) is 0 Å². The van der Waals surface area contributed by atoms with E-state index >= 15 is 0 Å². The van der Waals surface area contributed by atoms with Crippen LogP contribution in [0.3, 0.4) is 0 Å². The summed E-state index contributed by atoms with van der Waals surface area (Å²) >= 11 is 0. The van der Waals surface area contributed by atoms with Crippen molar-refractivity contribution in [1.29, 1.82) is 0 Å². The van der Waals surface area contributed by atoms with Gasteiger partial charge in [-0.25, -0.2) is 0 Å². The van der Waals surface area contributed by atoms with Gasteiger partial charge < -0.3 is 0 Å². The monoisotopic (exact) mass is 520 g/mol. The molecule has 0 aliphatic carbocycles. The predicted octanol–water partition coefficient (Wildman–Crippen LogP) is 5.55. The lowest BCUT2D eigenvalue weighted by molar-refractivity contribution is 1.05. The Hall–Kier alpha value is -3.99. The van der Waals surface area contributed by atoms with Crippen molar-refractivity contribution in [2.24, 2.45) is 0 Å². The molecular weight excluding hydrogens is 489 g/mol. The molecule has 184 valence electrons. The number of benzene rings is 6. The van der Waals surface area contributed by atoms with Crippen LogP contribution in [0, 0.1) is 0 Å². The molecule has 0 bridgehead atoms. The largest absolute Gasteiger partial charge is 0.110 e. The van der Waals surface area contributed by atoms with Gasteiger partial charge in [0.15, 0.2) is 0 Å². The van der Waals surface area contributed by atoms with Crippen molar-refractivity contribution in [3.63, 3.8) is 0 Å². The fraction of sp³-hybridized carbons (Fsp3) is 0.0556. The van der Waals surface area contributed by atoms with Gasteiger partial charge in [0.25, 0.3) is 0 Å². The van der Waals surface area contributed by atoms with Crippen LogP contribution < -0.4 is 20.7 Å². The molecule has 0 N–H and O–H groups in total. The molecule has 6 rings (SSSR count). The van der Waals surface area contributed by atoms with Crippen LogP contribution in [0.4, 0.5) is 0 Å². The summed E-state index contributed by atoms with van der Waals surface area (Å²) in [5.74, 6) is 0. The number of hydrogen-bond acceptors (Lipinski definition) is 0. The van der Waals surface area contributed by atoms with E-state index < -0.39 is 17.6 Å². The van der Waals surface area contributed by atoms with E-state index in [-0.39, 0.29) is 0 Å². The highest BCUT2D eigenvalue weighted by molar-refractivity contribution is 6.90. The minimum absolute atomic E-state index is 0.474. The molecule has 0 heterocycles. The second kappa shape index (κ2) is 11.6. The van der Waals surface area contributed by atoms with Gasteiger partial charge in [0, 0.05) is 0 Å². The molecule has 2 heteroatoms. The van der Waals surface area contributed by atoms with Gasteiger partial charge in [-0.05, 0) is 27.9 Å². The van der Waals surface area contributed by atoms with Gasteiger partial charge in [0.05, 0.1) is 0 Å². The van der Waals surface area contributed by atoms with E-state index in [1.807, 2.05) is 0 Å². The molecule has 0 aromatic heterocycles. The summed E-state index contributed by atoms with van der Waals surface area (Å²) in [6.45, 7) is 0. The lowest BCUT2D eigenvalue weighted by Crippen LogP contribution is -2.51. The fourth-order valence-electron chi connectivity index (χ4n) is 5.97. The molecule has 1 unspecified atom stereocenters. The lowest BCUT2D eigenvalue weighted by Gasteiger charge is -2.31. The molecular formula is C36H32Si2. The van der Waals surface area contributed by atoms with Crippen molar-refractivity contribution in [3.05, 3.63) is 169 Å². The minimum Gasteiger partial charge on any atom is -0.0629 e. The molecule has 0 spiro atoms. The van der Waals surface area contributed by atoms with E-state index in [1.165, 1.54) is 43.1 Å². The SMILES string of the molecule is c1ccc([SiH](CC(c2ccc3ccccc3c2)[SiH](c2ccccc2)c2ccccc2)c2ccccc2)cc1. The van der Waals surface area contributed by atoms with Crippen molar-refractivity contribution >= 4 is 49.1 Å². The second-order valence-electron chi connectivity index (χ2n) is 10.1. The first kappa shape index (κ1) is 24.4. The van der Waals surface area contributed by atoms with Crippen LogP contribution in [0.15, 0.2) is 164 Å². The Balaban J connectivity index is 1.55. The van der Waals surface area contributed by atoms with Crippen LogP contribution in [0.5, 0.6) is 0 Å². The zero-order chi connectivity index (χ0) is 25.6. The Labute approximate surface area is 229 Å². The third kappa shape index (κ3) is 5.33. The first-order valence-electron chi connectivity index (χ1n) is 13.6. The average Bonchev–Trinajstić information content (AvgIpc) is 3.01. The maximum absolute atomic E-state index is 2.48. The second-order valence-corrected chi connectivity index (χ2v) is 16.1. The zero-order valence-corrected chi connectivity index (χ0v) is 23.8. The predicted molar refractivity (Wildman–Crippen MR) is 170 cm³/mol. The van der Waals surface area contributed by atoms with Crippen LogP contribution >= 0.6 is 0 Å². The molecule has 0 radical (unpaired) electrons. The van der Waals surface area contributed by atoms with Gasteiger partial charge >= 0.3 is 0 Å². The van der Waals surface area contributed by atoms with Crippen LogP contribution in [-0.4, -0.2) is 17.6 Å². The van der Waals surface area contributed by atoms with E-state index in [4.69, 9.17) is 0 Å². The van der Waals surface area contributed by atoms with E-state index in [0.29, 0.717) is 5.54 Å². The van der Waals surface area contributed by atoms with Crippen LogP contribution in [0.2, 0.25) is 6.04 Å². The molecule has 0 aliphatic heterocycles. The molecule has 6 aromatic carbocycles. The highest BCUT2D eigenvalue weighted by Gasteiger charge is 2.32. The highest BCUT2D eigenvalue weighted by atomic mass is 28.3. The van der Waals surface area contributed by atoms with Crippen LogP contribution in [0.25, 0.3) is 10.8 Å². The Bertz CT molecular complexity index is 1500. The van der Waals surface area contributed by atoms with Crippen molar-refractivity contribution in [1.82, 2.24) is 0 Å². The summed E-state index contributed by atoms with van der Waals surface area (Å²) in [4.78, 5) is 0. The quantitative estimate of drug-likeness (QED) is 0.231. The number of fused-ring (bicyclic) bond motifs is 1. The van der Waals surface area contributed by atoms with Gasteiger partial charge in [0.2, 0.25) is 0 Å². The molecule has 0 nitrogen and oxygen atoms in total. The smallest absolute Gasteiger partial charge is 0.0629 e. The summed E-state index contributed by atoms with van der Waals surface area (Å²) in [6.07, 6.45) is 0. The molecule has 0 amide bonds. The third-order valence-electron chi connectivity index (χ3n) is 7.81. The average molecular weight is 521 g/mol. The molecule has 0 fully saturated rings. The van der Waals surface area contributed by atoms with Gasteiger partial charge in [-0.2, -0.15) is 0 Å². The van der Waals surface area contributed by atoms with Crippen LogP contribution in [-0.2, 0) is 0 Å². The van der Waals surface area contributed by atoms with Crippen molar-refractivity contribution in [2.75, 3.05) is 0 Å². The lowest BCUT2D eigenvalue weighted by atomic mass is 10.1. The summed E-state index contributed by atoms with van der Waals surface area (Å²) in [6, 6.07) is 62.5. The zero-order valence-electron chi connectivity index (χ0n) is 21.5. The fourth-order valence-corrected chi connectivity index (χ4v) is 14.1. The molecule has 1 atom stereocenters. The molecule has 38 heavy (non-hydrogen) atoms. The number of rotatable bonds is 8. The normalized spacial score (nSPS) is 12.2. The topological polar surface area (TPSA) is 0 Å². The molecule has 0 saturated heterocycles. The maximum Gasteiger partial charge on any atom is 0.110 e. The maximum atomic E-state index is 2.48.